The summed E-state index contributed by atoms with van der Waals surface area (Å²) in [7, 11) is 0. The maximum absolute atomic E-state index is 14.3. The standard InChI is InChI=1S/C24H34F4N2O2/c1-23(2,3)29-22(31)19-7-6-18(14-21(19)25)32-12-4-5-17-13-20(17)16-8-10-30(11-9-16)15-24(26,27)28/h6-7,14,16-17,20H,4-5,8-13,15H2,1-3H3,(H,29,31)/t17?,20-/m1/s1. The van der Waals surface area contributed by atoms with E-state index >= 15 is 0 Å². The van der Waals surface area contributed by atoms with Gasteiger partial charge in [-0.1, -0.05) is 0 Å². The van der Waals surface area contributed by atoms with Gasteiger partial charge in [-0.2, -0.15) is 13.2 Å². The molecule has 1 heterocycles. The van der Waals surface area contributed by atoms with Crippen molar-refractivity contribution in [3.63, 3.8) is 0 Å². The Labute approximate surface area is 187 Å². The van der Waals surface area contributed by atoms with Crippen molar-refractivity contribution in [2.24, 2.45) is 17.8 Å². The van der Waals surface area contributed by atoms with Crippen molar-refractivity contribution in [2.75, 3.05) is 26.2 Å². The Bertz CT molecular complexity index is 783. The van der Waals surface area contributed by atoms with E-state index in [1.807, 2.05) is 20.8 Å². The Morgan fingerprint density at radius 1 is 1.19 bits per heavy atom. The van der Waals surface area contributed by atoms with Gasteiger partial charge in [-0.15, -0.1) is 0 Å². The third-order valence-electron chi connectivity index (χ3n) is 6.28. The van der Waals surface area contributed by atoms with Crippen LogP contribution in [0.25, 0.3) is 0 Å². The molecule has 32 heavy (non-hydrogen) atoms. The van der Waals surface area contributed by atoms with Gasteiger partial charge in [0.2, 0.25) is 0 Å². The predicted molar refractivity (Wildman–Crippen MR) is 115 cm³/mol. The molecule has 1 N–H and O–H groups in total. The fourth-order valence-corrected chi connectivity index (χ4v) is 4.69. The van der Waals surface area contributed by atoms with Gasteiger partial charge in [0.25, 0.3) is 5.91 Å². The molecule has 1 aromatic rings. The number of rotatable bonds is 8. The van der Waals surface area contributed by atoms with Crippen molar-refractivity contribution in [3.05, 3.63) is 29.6 Å². The van der Waals surface area contributed by atoms with Gasteiger partial charge in [0.15, 0.2) is 0 Å². The summed E-state index contributed by atoms with van der Waals surface area (Å²) >= 11 is 0. The van der Waals surface area contributed by atoms with E-state index in [4.69, 9.17) is 4.74 Å². The molecule has 2 aliphatic rings. The molecule has 180 valence electrons. The number of nitrogens with one attached hydrogen (secondary N) is 1. The number of hydrogen-bond donors (Lipinski definition) is 1. The Morgan fingerprint density at radius 3 is 2.47 bits per heavy atom. The Kier molecular flexibility index (Phi) is 7.73. The Balaban J connectivity index is 1.34. The molecule has 1 aromatic carbocycles. The summed E-state index contributed by atoms with van der Waals surface area (Å²) in [6.45, 7) is 6.25. The zero-order chi connectivity index (χ0) is 23.5. The van der Waals surface area contributed by atoms with E-state index in [1.54, 1.807) is 6.07 Å². The van der Waals surface area contributed by atoms with Crippen molar-refractivity contribution < 1.29 is 27.1 Å². The summed E-state index contributed by atoms with van der Waals surface area (Å²) in [5.41, 5.74) is -0.450. The lowest BCUT2D eigenvalue weighted by molar-refractivity contribution is -0.148. The smallest absolute Gasteiger partial charge is 0.401 e. The summed E-state index contributed by atoms with van der Waals surface area (Å²) in [5.74, 6) is 1.12. The van der Waals surface area contributed by atoms with E-state index in [0.29, 0.717) is 43.2 Å². The molecule has 2 fully saturated rings. The van der Waals surface area contributed by atoms with Crippen LogP contribution in [0.4, 0.5) is 17.6 Å². The van der Waals surface area contributed by atoms with Crippen molar-refractivity contribution in [3.8, 4) is 5.75 Å². The highest BCUT2D eigenvalue weighted by Gasteiger charge is 2.43. The molecule has 8 heteroatoms. The normalized spacial score (nSPS) is 22.6. The summed E-state index contributed by atoms with van der Waals surface area (Å²) < 4.78 is 57.5. The minimum atomic E-state index is -4.11. The molecule has 0 spiro atoms. The van der Waals surface area contributed by atoms with Crippen LogP contribution in [-0.4, -0.2) is 48.8 Å². The molecular weight excluding hydrogens is 424 g/mol. The van der Waals surface area contributed by atoms with Crippen LogP contribution in [0.3, 0.4) is 0 Å². The molecule has 0 aromatic heterocycles. The molecule has 1 saturated heterocycles. The van der Waals surface area contributed by atoms with Gasteiger partial charge in [0, 0.05) is 11.6 Å². The lowest BCUT2D eigenvalue weighted by Crippen LogP contribution is -2.40. The average molecular weight is 459 g/mol. The third kappa shape index (κ3) is 7.64. The highest BCUT2D eigenvalue weighted by Crippen LogP contribution is 2.50. The number of carbonyl (C=O) groups is 1. The summed E-state index contributed by atoms with van der Waals surface area (Å²) in [6.07, 6.45) is 0.599. The number of amides is 1. The minimum Gasteiger partial charge on any atom is -0.493 e. The Hall–Kier alpha value is -1.83. The maximum Gasteiger partial charge on any atom is 0.401 e. The molecule has 1 amide bonds. The van der Waals surface area contributed by atoms with Gasteiger partial charge < -0.3 is 10.1 Å². The molecule has 1 saturated carbocycles. The van der Waals surface area contributed by atoms with E-state index in [-0.39, 0.29) is 5.56 Å². The first-order chi connectivity index (χ1) is 14.9. The molecule has 1 unspecified atom stereocenters. The lowest BCUT2D eigenvalue weighted by atomic mass is 9.90. The summed E-state index contributed by atoms with van der Waals surface area (Å²) in [6, 6.07) is 4.29. The Morgan fingerprint density at radius 2 is 1.88 bits per heavy atom. The van der Waals surface area contributed by atoms with Crippen molar-refractivity contribution in [2.45, 2.75) is 64.6 Å². The van der Waals surface area contributed by atoms with Crippen LogP contribution in [0, 0.1) is 23.6 Å². The topological polar surface area (TPSA) is 41.6 Å². The van der Waals surface area contributed by atoms with E-state index in [0.717, 1.165) is 32.1 Å². The molecule has 2 atom stereocenters. The van der Waals surface area contributed by atoms with Crippen molar-refractivity contribution in [1.29, 1.82) is 0 Å². The molecule has 1 aliphatic heterocycles. The fourth-order valence-electron chi connectivity index (χ4n) is 4.69. The first-order valence-corrected chi connectivity index (χ1v) is 11.5. The maximum atomic E-state index is 14.3. The highest BCUT2D eigenvalue weighted by molar-refractivity contribution is 5.95. The zero-order valence-corrected chi connectivity index (χ0v) is 19.1. The van der Waals surface area contributed by atoms with E-state index in [1.165, 1.54) is 17.0 Å². The monoisotopic (exact) mass is 458 g/mol. The molecule has 0 radical (unpaired) electrons. The second-order valence-electron chi connectivity index (χ2n) is 10.2. The van der Waals surface area contributed by atoms with E-state index < -0.39 is 30.0 Å². The van der Waals surface area contributed by atoms with Gasteiger partial charge in [-0.25, -0.2) is 4.39 Å². The van der Waals surface area contributed by atoms with Gasteiger partial charge in [-0.3, -0.25) is 9.69 Å². The second kappa shape index (κ2) is 9.98. The van der Waals surface area contributed by atoms with Gasteiger partial charge in [-0.05, 0) is 95.9 Å². The number of likely N-dealkylation sites (tertiary alicyclic amines) is 1. The number of benzene rings is 1. The summed E-state index contributed by atoms with van der Waals surface area (Å²) in [4.78, 5) is 13.6. The number of ether oxygens (including phenoxy) is 1. The first-order valence-electron chi connectivity index (χ1n) is 11.5. The van der Waals surface area contributed by atoms with Crippen LogP contribution in [-0.2, 0) is 0 Å². The molecule has 4 nitrogen and oxygen atoms in total. The quantitative estimate of drug-likeness (QED) is 0.418. The van der Waals surface area contributed by atoms with Crippen LogP contribution in [0.1, 0.15) is 63.2 Å². The van der Waals surface area contributed by atoms with Gasteiger partial charge in [0.1, 0.15) is 11.6 Å². The van der Waals surface area contributed by atoms with Crippen molar-refractivity contribution in [1.82, 2.24) is 10.2 Å². The van der Waals surface area contributed by atoms with E-state index in [2.05, 4.69) is 5.32 Å². The van der Waals surface area contributed by atoms with Gasteiger partial charge in [0.05, 0.1) is 18.7 Å². The van der Waals surface area contributed by atoms with Crippen LogP contribution >= 0.6 is 0 Å². The highest BCUT2D eigenvalue weighted by atomic mass is 19.4. The SMILES string of the molecule is CC(C)(C)NC(=O)c1ccc(OCCCC2C[C@@H]2C2CCN(CC(F)(F)F)CC2)cc1F. The third-order valence-corrected chi connectivity index (χ3v) is 6.28. The van der Waals surface area contributed by atoms with Crippen LogP contribution in [0.15, 0.2) is 18.2 Å². The van der Waals surface area contributed by atoms with Gasteiger partial charge >= 0.3 is 6.18 Å². The molecule has 1 aliphatic carbocycles. The first kappa shape index (κ1) is 24.8. The number of carbonyl (C=O) groups excluding carboxylic acids is 1. The minimum absolute atomic E-state index is 0.00521. The number of hydrogen-bond acceptors (Lipinski definition) is 3. The fraction of sp³-hybridized carbons (Fsp3) is 0.708. The van der Waals surface area contributed by atoms with E-state index in [9.17, 15) is 22.4 Å². The molecule has 0 bridgehead atoms. The summed E-state index contributed by atoms with van der Waals surface area (Å²) in [5, 5.41) is 2.74. The van der Waals surface area contributed by atoms with Crippen LogP contribution in [0.5, 0.6) is 5.75 Å². The number of nitrogens with zero attached hydrogens (tertiary/aromatic N) is 1. The van der Waals surface area contributed by atoms with Crippen LogP contribution < -0.4 is 10.1 Å². The predicted octanol–water partition coefficient (Wildman–Crippen LogP) is 5.42. The largest absolute Gasteiger partial charge is 0.493 e. The molecular formula is C24H34F4N2O2. The molecule has 3 rings (SSSR count). The van der Waals surface area contributed by atoms with Crippen molar-refractivity contribution >= 4 is 5.91 Å². The number of halogens is 4. The average Bonchev–Trinajstić information content (AvgIpc) is 3.43. The second-order valence-corrected chi connectivity index (χ2v) is 10.2. The number of alkyl halides is 3. The van der Waals surface area contributed by atoms with Crippen LogP contribution in [0.2, 0.25) is 0 Å². The lowest BCUT2D eigenvalue weighted by Gasteiger charge is -2.32. The number of piperidine rings is 1. The zero-order valence-electron chi connectivity index (χ0n) is 19.1.